The number of aliphatic hydroxyl groups excluding tert-OH is 1. The van der Waals surface area contributed by atoms with Crippen LogP contribution in [0.2, 0.25) is 0 Å². The number of benzene rings is 1. The summed E-state index contributed by atoms with van der Waals surface area (Å²) in [5.41, 5.74) is 3.29. The minimum atomic E-state index is -0.380. The summed E-state index contributed by atoms with van der Waals surface area (Å²) in [6.07, 6.45) is 3.72. The van der Waals surface area contributed by atoms with Gasteiger partial charge in [-0.2, -0.15) is 0 Å². The monoisotopic (exact) mass is 324 g/mol. The smallest absolute Gasteiger partial charge is 0.0858 e. The molecule has 23 heavy (non-hydrogen) atoms. The number of nitrogens with zero attached hydrogens (tertiary/aromatic N) is 1. The Labute approximate surface area is 140 Å². The lowest BCUT2D eigenvalue weighted by atomic mass is 9.92. The molecule has 4 heteroatoms. The van der Waals surface area contributed by atoms with Crippen LogP contribution in [0, 0.1) is 5.41 Å². The maximum Gasteiger partial charge on any atom is 0.0858 e. The summed E-state index contributed by atoms with van der Waals surface area (Å²) in [5.74, 6) is 0. The number of aliphatic hydroxyl groups is 1. The fourth-order valence-electron chi connectivity index (χ4n) is 3.14. The Kier molecular flexibility index (Phi) is 3.89. The number of fused-ring (bicyclic) bond motifs is 1. The van der Waals surface area contributed by atoms with Crippen molar-refractivity contribution in [1.29, 1.82) is 0 Å². The summed E-state index contributed by atoms with van der Waals surface area (Å²) in [7, 11) is 0. The average molecular weight is 324 g/mol. The van der Waals surface area contributed by atoms with Crippen LogP contribution in [0.1, 0.15) is 30.1 Å². The second kappa shape index (κ2) is 6.04. The van der Waals surface area contributed by atoms with Crippen LogP contribution in [-0.2, 0) is 6.54 Å². The first-order chi connectivity index (χ1) is 11.3. The third-order valence-electron chi connectivity index (χ3n) is 4.75. The molecule has 0 radical (unpaired) electrons. The molecule has 0 spiro atoms. The highest BCUT2D eigenvalue weighted by atomic mass is 32.1. The first-order valence-electron chi connectivity index (χ1n) is 8.03. The molecule has 3 nitrogen and oxygen atoms in total. The highest BCUT2D eigenvalue weighted by Crippen LogP contribution is 2.54. The highest BCUT2D eigenvalue weighted by molar-refractivity contribution is 7.17. The van der Waals surface area contributed by atoms with E-state index in [1.807, 2.05) is 42.6 Å². The normalized spacial score (nSPS) is 17.3. The molecule has 118 valence electrons. The molecule has 4 rings (SSSR count). The van der Waals surface area contributed by atoms with Crippen molar-refractivity contribution in [3.8, 4) is 0 Å². The number of nitrogens with one attached hydrogen (secondary N) is 1. The van der Waals surface area contributed by atoms with Crippen LogP contribution in [0.3, 0.4) is 0 Å². The number of rotatable bonds is 6. The lowest BCUT2D eigenvalue weighted by Gasteiger charge is -2.23. The van der Waals surface area contributed by atoms with Gasteiger partial charge in [-0.1, -0.05) is 30.3 Å². The summed E-state index contributed by atoms with van der Waals surface area (Å²) >= 11 is 1.72. The zero-order valence-corrected chi connectivity index (χ0v) is 13.7. The number of thiophene rings is 1. The van der Waals surface area contributed by atoms with Gasteiger partial charge < -0.3 is 10.4 Å². The van der Waals surface area contributed by atoms with Crippen molar-refractivity contribution in [2.45, 2.75) is 25.5 Å². The van der Waals surface area contributed by atoms with Gasteiger partial charge in [0.05, 0.1) is 16.3 Å². The van der Waals surface area contributed by atoms with E-state index in [0.717, 1.165) is 37.0 Å². The van der Waals surface area contributed by atoms with Gasteiger partial charge in [0.1, 0.15) is 0 Å². The molecule has 2 aromatic heterocycles. The van der Waals surface area contributed by atoms with Crippen molar-refractivity contribution in [2.75, 3.05) is 6.54 Å². The molecular weight excluding hydrogens is 304 g/mol. The Morgan fingerprint density at radius 1 is 1.22 bits per heavy atom. The van der Waals surface area contributed by atoms with Gasteiger partial charge in [0.25, 0.3) is 0 Å². The summed E-state index contributed by atoms with van der Waals surface area (Å²) in [6.45, 7) is 1.63. The van der Waals surface area contributed by atoms with E-state index in [0.29, 0.717) is 0 Å². The Hall–Kier alpha value is -1.75. The molecule has 3 aromatic rings. The van der Waals surface area contributed by atoms with Crippen LogP contribution in [0.25, 0.3) is 10.2 Å². The van der Waals surface area contributed by atoms with E-state index in [4.69, 9.17) is 0 Å². The fourth-order valence-corrected chi connectivity index (χ4v) is 3.94. The van der Waals surface area contributed by atoms with Gasteiger partial charge in [-0.3, -0.25) is 4.98 Å². The van der Waals surface area contributed by atoms with Crippen LogP contribution in [0.5, 0.6) is 0 Å². The van der Waals surface area contributed by atoms with Gasteiger partial charge in [0.15, 0.2) is 0 Å². The quantitative estimate of drug-likeness (QED) is 0.723. The van der Waals surface area contributed by atoms with Crippen LogP contribution in [0.15, 0.2) is 54.0 Å². The zero-order chi connectivity index (χ0) is 15.7. The third kappa shape index (κ3) is 3.02. The Morgan fingerprint density at radius 2 is 2.04 bits per heavy atom. The fraction of sp³-hybridized carbons (Fsp3) is 0.316. The molecule has 1 aromatic carbocycles. The summed E-state index contributed by atoms with van der Waals surface area (Å²) < 4.78 is 1.23. The van der Waals surface area contributed by atoms with Gasteiger partial charge in [-0.25, -0.2) is 0 Å². The minimum Gasteiger partial charge on any atom is -0.388 e. The van der Waals surface area contributed by atoms with E-state index in [9.17, 15) is 5.11 Å². The number of hydrogen-bond donors (Lipinski definition) is 2. The van der Waals surface area contributed by atoms with Crippen molar-refractivity contribution >= 4 is 21.6 Å². The summed E-state index contributed by atoms with van der Waals surface area (Å²) in [6, 6.07) is 14.2. The molecule has 1 saturated carbocycles. The van der Waals surface area contributed by atoms with Crippen LogP contribution < -0.4 is 5.32 Å². The predicted molar refractivity (Wildman–Crippen MR) is 94.4 cm³/mol. The summed E-state index contributed by atoms with van der Waals surface area (Å²) in [4.78, 5) is 4.48. The lowest BCUT2D eigenvalue weighted by molar-refractivity contribution is 0.0917. The molecule has 1 unspecified atom stereocenters. The molecule has 1 aliphatic carbocycles. The molecular formula is C19H20N2OS. The van der Waals surface area contributed by atoms with E-state index in [2.05, 4.69) is 21.7 Å². The molecule has 0 aliphatic heterocycles. The maximum absolute atomic E-state index is 10.7. The second-order valence-electron chi connectivity index (χ2n) is 6.43. The topological polar surface area (TPSA) is 45.1 Å². The van der Waals surface area contributed by atoms with E-state index in [1.165, 1.54) is 10.3 Å². The molecule has 1 atom stereocenters. The lowest BCUT2D eigenvalue weighted by Crippen LogP contribution is -2.28. The number of hydrogen-bond acceptors (Lipinski definition) is 4. The van der Waals surface area contributed by atoms with Gasteiger partial charge >= 0.3 is 0 Å². The third-order valence-corrected chi connectivity index (χ3v) is 5.61. The standard InChI is InChI=1S/C19H20N2OS/c22-18(15-4-2-1-3-5-15)19(7-8-19)13-20-11-14-10-17-16(21-12-14)6-9-23-17/h1-6,9-10,12,18,20,22H,7-8,11,13H2. The van der Waals surface area contributed by atoms with Gasteiger partial charge in [0.2, 0.25) is 0 Å². The molecule has 0 bridgehead atoms. The molecule has 1 aliphatic rings. The Morgan fingerprint density at radius 3 is 2.83 bits per heavy atom. The summed E-state index contributed by atoms with van der Waals surface area (Å²) in [5, 5.41) is 16.3. The first-order valence-corrected chi connectivity index (χ1v) is 8.91. The Balaban J connectivity index is 1.38. The van der Waals surface area contributed by atoms with Crippen molar-refractivity contribution in [1.82, 2.24) is 10.3 Å². The van der Waals surface area contributed by atoms with E-state index in [1.54, 1.807) is 11.3 Å². The van der Waals surface area contributed by atoms with Gasteiger partial charge in [-0.15, -0.1) is 11.3 Å². The number of pyridine rings is 1. The minimum absolute atomic E-state index is 0.00180. The first kappa shape index (κ1) is 14.8. The van der Waals surface area contributed by atoms with Crippen molar-refractivity contribution in [3.05, 3.63) is 65.2 Å². The second-order valence-corrected chi connectivity index (χ2v) is 7.37. The molecule has 0 saturated heterocycles. The molecule has 1 fully saturated rings. The van der Waals surface area contributed by atoms with E-state index in [-0.39, 0.29) is 11.5 Å². The van der Waals surface area contributed by atoms with Crippen molar-refractivity contribution < 1.29 is 5.11 Å². The van der Waals surface area contributed by atoms with Gasteiger partial charge in [-0.05, 0) is 41.5 Å². The van der Waals surface area contributed by atoms with E-state index < -0.39 is 0 Å². The molecule has 2 heterocycles. The van der Waals surface area contributed by atoms with Crippen LogP contribution >= 0.6 is 11.3 Å². The van der Waals surface area contributed by atoms with E-state index >= 15 is 0 Å². The zero-order valence-electron chi connectivity index (χ0n) is 12.9. The largest absolute Gasteiger partial charge is 0.388 e. The SMILES string of the molecule is OC(c1ccccc1)C1(CNCc2cnc3ccsc3c2)CC1. The maximum atomic E-state index is 10.7. The molecule has 2 N–H and O–H groups in total. The average Bonchev–Trinajstić information content (AvgIpc) is 3.23. The van der Waals surface area contributed by atoms with Crippen LogP contribution in [-0.4, -0.2) is 16.6 Å². The number of aromatic nitrogens is 1. The predicted octanol–water partition coefficient (Wildman–Crippen LogP) is 3.90. The molecule has 0 amide bonds. The highest BCUT2D eigenvalue weighted by Gasteiger charge is 2.48. The van der Waals surface area contributed by atoms with Crippen molar-refractivity contribution in [2.24, 2.45) is 5.41 Å². The van der Waals surface area contributed by atoms with Crippen LogP contribution in [0.4, 0.5) is 0 Å². The Bertz CT molecular complexity index is 795. The van der Waals surface area contributed by atoms with Crippen molar-refractivity contribution in [3.63, 3.8) is 0 Å². The van der Waals surface area contributed by atoms with Gasteiger partial charge in [0, 0.05) is 24.7 Å².